The van der Waals surface area contributed by atoms with Crippen LogP contribution in [0.4, 0.5) is 0 Å². The van der Waals surface area contributed by atoms with Crippen molar-refractivity contribution < 1.29 is 17.9 Å². The maximum atomic E-state index is 12.7. The Morgan fingerprint density at radius 2 is 2.05 bits per heavy atom. The Balaban J connectivity index is 2.20. The van der Waals surface area contributed by atoms with E-state index in [2.05, 4.69) is 23.6 Å². The lowest BCUT2D eigenvalue weighted by Crippen LogP contribution is -2.39. The first kappa shape index (κ1) is 16.4. The van der Waals surface area contributed by atoms with Crippen LogP contribution in [-0.2, 0) is 14.8 Å². The fourth-order valence-electron chi connectivity index (χ4n) is 2.55. The summed E-state index contributed by atoms with van der Waals surface area (Å²) < 4.78 is 31.3. The molecule has 0 bridgehead atoms. The van der Waals surface area contributed by atoms with Gasteiger partial charge in [0.1, 0.15) is 0 Å². The molecule has 118 valence electrons. The second-order valence-corrected chi connectivity index (χ2v) is 8.45. The average Bonchev–Trinajstić information content (AvgIpc) is 2.96. The molecule has 2 rings (SSSR count). The van der Waals surface area contributed by atoms with E-state index in [4.69, 9.17) is 0 Å². The van der Waals surface area contributed by atoms with Crippen LogP contribution in [-0.4, -0.2) is 43.9 Å². The van der Waals surface area contributed by atoms with Crippen LogP contribution in [0.15, 0.2) is 9.72 Å². The number of piperidine rings is 1. The van der Waals surface area contributed by atoms with Crippen molar-refractivity contribution >= 4 is 27.3 Å². The van der Waals surface area contributed by atoms with E-state index in [9.17, 15) is 13.2 Å². The van der Waals surface area contributed by atoms with Crippen LogP contribution < -0.4 is 0 Å². The third kappa shape index (κ3) is 3.27. The molecule has 21 heavy (non-hydrogen) atoms. The number of sulfonamides is 1. The van der Waals surface area contributed by atoms with Crippen molar-refractivity contribution in [1.82, 2.24) is 9.29 Å². The first-order chi connectivity index (χ1) is 9.87. The normalized spacial score (nSPS) is 18.1. The standard InChI is InChI=1S/C13H20N2O4S2/c1-9(2)10-4-6-15(7-5-10)21(17,18)13-11(12(16)19-3)14-8-20-13/h8-10H,4-7H2,1-3H3. The zero-order valence-electron chi connectivity index (χ0n) is 12.4. The maximum absolute atomic E-state index is 12.7. The molecule has 2 heterocycles. The van der Waals surface area contributed by atoms with Crippen molar-refractivity contribution in [3.05, 3.63) is 11.2 Å². The van der Waals surface area contributed by atoms with Crippen LogP contribution in [0.2, 0.25) is 0 Å². The third-order valence-electron chi connectivity index (χ3n) is 3.93. The fraction of sp³-hybridized carbons (Fsp3) is 0.692. The van der Waals surface area contributed by atoms with Crippen molar-refractivity contribution in [3.63, 3.8) is 0 Å². The highest BCUT2D eigenvalue weighted by Gasteiger charge is 2.34. The summed E-state index contributed by atoms with van der Waals surface area (Å²) in [6.07, 6.45) is 1.70. The minimum atomic E-state index is -3.67. The molecule has 1 aromatic rings. The molecule has 0 unspecified atom stereocenters. The lowest BCUT2D eigenvalue weighted by Gasteiger charge is -2.32. The Bertz CT molecular complexity index is 601. The number of hydrogen-bond acceptors (Lipinski definition) is 6. The van der Waals surface area contributed by atoms with Crippen LogP contribution in [0.5, 0.6) is 0 Å². The molecule has 1 saturated heterocycles. The number of aromatic nitrogens is 1. The lowest BCUT2D eigenvalue weighted by atomic mass is 9.87. The molecule has 1 fully saturated rings. The monoisotopic (exact) mass is 332 g/mol. The van der Waals surface area contributed by atoms with Crippen LogP contribution in [0.25, 0.3) is 0 Å². The first-order valence-electron chi connectivity index (χ1n) is 6.90. The molecular weight excluding hydrogens is 312 g/mol. The van der Waals surface area contributed by atoms with Gasteiger partial charge in [-0.3, -0.25) is 0 Å². The number of rotatable bonds is 4. The van der Waals surface area contributed by atoms with Gasteiger partial charge in [0, 0.05) is 13.1 Å². The molecule has 0 saturated carbocycles. The van der Waals surface area contributed by atoms with Gasteiger partial charge in [0.05, 0.1) is 12.6 Å². The van der Waals surface area contributed by atoms with E-state index in [-0.39, 0.29) is 9.90 Å². The number of methoxy groups -OCH3 is 1. The lowest BCUT2D eigenvalue weighted by molar-refractivity contribution is 0.0590. The van der Waals surface area contributed by atoms with Crippen LogP contribution >= 0.6 is 11.3 Å². The topological polar surface area (TPSA) is 76.6 Å². The van der Waals surface area contributed by atoms with Crippen molar-refractivity contribution in [2.45, 2.75) is 30.9 Å². The number of esters is 1. The summed E-state index contributed by atoms with van der Waals surface area (Å²) in [5.74, 6) is 0.397. The van der Waals surface area contributed by atoms with Crippen LogP contribution in [0.3, 0.4) is 0 Å². The minimum Gasteiger partial charge on any atom is -0.464 e. The number of thiazole rings is 1. The van der Waals surface area contributed by atoms with Crippen molar-refractivity contribution in [2.24, 2.45) is 11.8 Å². The summed E-state index contributed by atoms with van der Waals surface area (Å²) in [4.78, 5) is 15.4. The van der Waals surface area contributed by atoms with Gasteiger partial charge in [-0.1, -0.05) is 13.8 Å². The molecule has 1 aliphatic rings. The van der Waals surface area contributed by atoms with Crippen molar-refractivity contribution in [1.29, 1.82) is 0 Å². The summed E-state index contributed by atoms with van der Waals surface area (Å²) in [6, 6.07) is 0. The second-order valence-electron chi connectivity index (χ2n) is 5.47. The van der Waals surface area contributed by atoms with Gasteiger partial charge in [-0.2, -0.15) is 4.31 Å². The first-order valence-corrected chi connectivity index (χ1v) is 9.21. The Kier molecular flexibility index (Phi) is 5.00. The molecule has 0 aromatic carbocycles. The molecule has 1 aliphatic heterocycles. The smallest absolute Gasteiger partial charge is 0.358 e. The molecular formula is C13H20N2O4S2. The Morgan fingerprint density at radius 3 is 2.57 bits per heavy atom. The largest absolute Gasteiger partial charge is 0.464 e. The molecule has 0 amide bonds. The molecule has 0 aliphatic carbocycles. The maximum Gasteiger partial charge on any atom is 0.358 e. The predicted octanol–water partition coefficient (Wildman–Crippen LogP) is 1.99. The molecule has 6 nitrogen and oxygen atoms in total. The summed E-state index contributed by atoms with van der Waals surface area (Å²) in [5, 5.41) is 0. The average molecular weight is 332 g/mol. The molecule has 0 atom stereocenters. The van der Waals surface area contributed by atoms with E-state index < -0.39 is 16.0 Å². The van der Waals surface area contributed by atoms with Gasteiger partial charge in [0.25, 0.3) is 10.0 Å². The van der Waals surface area contributed by atoms with E-state index in [1.807, 2.05) is 0 Å². The van der Waals surface area contributed by atoms with Gasteiger partial charge in [-0.05, 0) is 24.7 Å². The highest BCUT2D eigenvalue weighted by atomic mass is 32.2. The zero-order valence-corrected chi connectivity index (χ0v) is 14.0. The van der Waals surface area contributed by atoms with Crippen LogP contribution in [0.1, 0.15) is 37.2 Å². The minimum absolute atomic E-state index is 0.0163. The van der Waals surface area contributed by atoms with Gasteiger partial charge in [0.2, 0.25) is 0 Å². The number of hydrogen-bond donors (Lipinski definition) is 0. The van der Waals surface area contributed by atoms with E-state index in [1.165, 1.54) is 16.9 Å². The van der Waals surface area contributed by atoms with E-state index in [0.29, 0.717) is 24.9 Å². The third-order valence-corrected chi connectivity index (χ3v) is 7.17. The quantitative estimate of drug-likeness (QED) is 0.788. The van der Waals surface area contributed by atoms with Gasteiger partial charge in [0.15, 0.2) is 9.90 Å². The van der Waals surface area contributed by atoms with Crippen molar-refractivity contribution in [2.75, 3.05) is 20.2 Å². The Hall–Kier alpha value is -0.990. The molecule has 0 spiro atoms. The van der Waals surface area contributed by atoms with Crippen molar-refractivity contribution in [3.8, 4) is 0 Å². The highest BCUT2D eigenvalue weighted by molar-refractivity contribution is 7.91. The van der Waals surface area contributed by atoms with Crippen LogP contribution in [0, 0.1) is 11.8 Å². The second kappa shape index (κ2) is 6.41. The van der Waals surface area contributed by atoms with E-state index in [0.717, 1.165) is 24.2 Å². The molecule has 8 heteroatoms. The van der Waals surface area contributed by atoms with Gasteiger partial charge < -0.3 is 4.74 Å². The summed E-state index contributed by atoms with van der Waals surface area (Å²) >= 11 is 0.959. The number of carbonyl (C=O) groups is 1. The van der Waals surface area contributed by atoms with E-state index >= 15 is 0 Å². The fourth-order valence-corrected chi connectivity index (χ4v) is 5.29. The summed E-state index contributed by atoms with van der Waals surface area (Å²) in [6.45, 7) is 5.30. The molecule has 0 N–H and O–H groups in total. The zero-order chi connectivity index (χ0) is 15.6. The molecule has 0 radical (unpaired) electrons. The summed E-state index contributed by atoms with van der Waals surface area (Å²) in [5.41, 5.74) is 1.24. The number of carbonyl (C=O) groups excluding carboxylic acids is 1. The van der Waals surface area contributed by atoms with Gasteiger partial charge >= 0.3 is 5.97 Å². The molecule has 1 aromatic heterocycles. The SMILES string of the molecule is COC(=O)c1ncsc1S(=O)(=O)N1CCC(C(C)C)CC1. The predicted molar refractivity (Wildman–Crippen MR) is 79.8 cm³/mol. The number of ether oxygens (including phenoxy) is 1. The van der Waals surface area contributed by atoms with Gasteiger partial charge in [-0.15, -0.1) is 11.3 Å². The highest BCUT2D eigenvalue weighted by Crippen LogP contribution is 2.30. The Labute approximate surface area is 129 Å². The van der Waals surface area contributed by atoms with E-state index in [1.54, 1.807) is 0 Å². The summed E-state index contributed by atoms with van der Waals surface area (Å²) in [7, 11) is -2.45. The number of nitrogens with zero attached hydrogens (tertiary/aromatic N) is 2. The Morgan fingerprint density at radius 1 is 1.43 bits per heavy atom. The van der Waals surface area contributed by atoms with Gasteiger partial charge in [-0.25, -0.2) is 18.2 Å².